The van der Waals surface area contributed by atoms with E-state index in [1.165, 1.54) is 20.0 Å². The summed E-state index contributed by atoms with van der Waals surface area (Å²) in [5.41, 5.74) is -0.674. The fourth-order valence-electron chi connectivity index (χ4n) is 3.40. The van der Waals surface area contributed by atoms with Gasteiger partial charge in [-0.05, 0) is 47.1 Å². The molecular formula is C21H42AlF2LiN2O6. The summed E-state index contributed by atoms with van der Waals surface area (Å²) in [7, 11) is 3.04. The van der Waals surface area contributed by atoms with Gasteiger partial charge in [-0.2, -0.15) is 0 Å². The standard InChI is InChI=1S/C11H18FNO4.C6H12FNO.C4H8O.Al.Li.4H/c1-11(2,3)17-10(15)13-6-7(12)5-8(13)9(14)16-4;1-8-3-5(7)2-6(8)4-9;1-2-4-5-3-1;;;;;;/h7-8H,5-6H2,1-4H3;5-6,9H,2-4H2,1H3;1-4H2;;;;;;/q;;;;+1;;;;-1/t7-,8+;5-,6+;;;;;;;/m11......./s1. The van der Waals surface area contributed by atoms with Gasteiger partial charge in [0.15, 0.2) is 17.4 Å². The van der Waals surface area contributed by atoms with Crippen LogP contribution < -0.4 is 18.9 Å². The Balaban J connectivity index is -0.000000475. The van der Waals surface area contributed by atoms with Gasteiger partial charge >= 0.3 is 30.9 Å². The summed E-state index contributed by atoms with van der Waals surface area (Å²) in [6.07, 6.45) is 0.380. The van der Waals surface area contributed by atoms with E-state index in [0.29, 0.717) is 13.0 Å². The maximum Gasteiger partial charge on any atom is 1.00 e. The molecule has 3 rings (SSSR count). The molecule has 3 saturated heterocycles. The van der Waals surface area contributed by atoms with Gasteiger partial charge in [0, 0.05) is 32.2 Å². The smallest absolute Gasteiger partial charge is 1.00 e. The number of hydrogen-bond acceptors (Lipinski definition) is 7. The number of aliphatic hydroxyl groups is 1. The summed E-state index contributed by atoms with van der Waals surface area (Å²) in [4.78, 5) is 26.1. The third kappa shape index (κ3) is 13.3. The van der Waals surface area contributed by atoms with Crippen molar-refractivity contribution < 1.29 is 58.0 Å². The first-order chi connectivity index (χ1) is 14.5. The van der Waals surface area contributed by atoms with Crippen LogP contribution in [0, 0.1) is 0 Å². The average Bonchev–Trinajstić information content (AvgIpc) is 3.42. The number of amides is 1. The first-order valence-corrected chi connectivity index (χ1v) is 10.7. The van der Waals surface area contributed by atoms with Gasteiger partial charge in [-0.3, -0.25) is 9.80 Å². The Hall–Kier alpha value is -0.390. The fraction of sp³-hybridized carbons (Fsp3) is 0.905. The molecule has 0 aromatic rings. The van der Waals surface area contributed by atoms with E-state index in [4.69, 9.17) is 14.6 Å². The summed E-state index contributed by atoms with van der Waals surface area (Å²) in [5, 5.41) is 8.65. The number of hydrogen-bond donors (Lipinski definition) is 1. The first kappa shape index (κ1) is 34.8. The fourth-order valence-corrected chi connectivity index (χ4v) is 3.40. The molecule has 0 bridgehead atoms. The van der Waals surface area contributed by atoms with E-state index in [9.17, 15) is 18.4 Å². The van der Waals surface area contributed by atoms with E-state index >= 15 is 0 Å². The van der Waals surface area contributed by atoms with Crippen LogP contribution in [0.25, 0.3) is 0 Å². The van der Waals surface area contributed by atoms with Gasteiger partial charge < -0.3 is 20.7 Å². The molecule has 0 unspecified atom stereocenters. The monoisotopic (exact) mass is 490 g/mol. The van der Waals surface area contributed by atoms with Crippen molar-refractivity contribution in [2.24, 2.45) is 0 Å². The molecule has 1 amide bonds. The van der Waals surface area contributed by atoms with Crippen molar-refractivity contribution >= 4 is 29.4 Å². The number of alkyl halides is 2. The molecule has 3 aliphatic heterocycles. The van der Waals surface area contributed by atoms with Crippen LogP contribution in [0.2, 0.25) is 0 Å². The normalized spacial score (nSPS) is 26.6. The zero-order valence-corrected chi connectivity index (χ0v) is 20.3. The van der Waals surface area contributed by atoms with Gasteiger partial charge in [0.25, 0.3) is 0 Å². The second-order valence-corrected chi connectivity index (χ2v) is 8.93. The number of aliphatic hydroxyl groups excluding tert-OH is 1. The number of rotatable bonds is 2. The second-order valence-electron chi connectivity index (χ2n) is 8.93. The SMILES string of the molecule is C1CCOC1.CN1C[C@H](F)C[C@H]1CO.COC(=O)[C@@H]1C[C@@H](F)CN1C(=O)OC(C)(C)C.[AlH3].[H-].[Li+]. The Morgan fingerprint density at radius 3 is 2.00 bits per heavy atom. The van der Waals surface area contributed by atoms with E-state index < -0.39 is 36.0 Å². The van der Waals surface area contributed by atoms with Crippen molar-refractivity contribution in [2.75, 3.05) is 47.1 Å². The molecule has 0 aromatic carbocycles. The predicted octanol–water partition coefficient (Wildman–Crippen LogP) is -1.74. The third-order valence-electron chi connectivity index (χ3n) is 5.03. The predicted molar refractivity (Wildman–Crippen MR) is 122 cm³/mol. The number of carbonyl (C=O) groups excluding carboxylic acids is 2. The van der Waals surface area contributed by atoms with Gasteiger partial charge in [-0.1, -0.05) is 0 Å². The zero-order chi connectivity index (χ0) is 23.6. The summed E-state index contributed by atoms with van der Waals surface area (Å²) in [6, 6.07) is -0.829. The molecule has 12 heteroatoms. The maximum absolute atomic E-state index is 13.3. The summed E-state index contributed by atoms with van der Waals surface area (Å²) in [5.74, 6) is -0.615. The van der Waals surface area contributed by atoms with Crippen molar-refractivity contribution in [3.63, 3.8) is 0 Å². The van der Waals surface area contributed by atoms with E-state index in [0.717, 1.165) is 18.1 Å². The Morgan fingerprint density at radius 1 is 1.12 bits per heavy atom. The van der Waals surface area contributed by atoms with E-state index in [2.05, 4.69) is 4.74 Å². The minimum atomic E-state index is -1.22. The molecule has 33 heavy (non-hydrogen) atoms. The van der Waals surface area contributed by atoms with Gasteiger partial charge in [0.2, 0.25) is 0 Å². The molecule has 3 aliphatic rings. The maximum atomic E-state index is 13.3. The number of likely N-dealkylation sites (N-methyl/N-ethyl adjacent to an activating group) is 1. The second kappa shape index (κ2) is 17.1. The molecule has 0 aromatic heterocycles. The van der Waals surface area contributed by atoms with E-state index in [1.807, 2.05) is 11.9 Å². The Bertz CT molecular complexity index is 568. The van der Waals surface area contributed by atoms with Crippen LogP contribution in [-0.2, 0) is 19.0 Å². The molecule has 1 N–H and O–H groups in total. The summed E-state index contributed by atoms with van der Waals surface area (Å²) in [6.45, 7) is 7.56. The molecule has 3 fully saturated rings. The minimum Gasteiger partial charge on any atom is -1.00 e. The van der Waals surface area contributed by atoms with Crippen molar-refractivity contribution in [1.29, 1.82) is 0 Å². The molecule has 0 saturated carbocycles. The number of halogens is 2. The average molecular weight is 490 g/mol. The molecule has 0 radical (unpaired) electrons. The zero-order valence-electron chi connectivity index (χ0n) is 21.3. The van der Waals surface area contributed by atoms with Crippen LogP contribution in [0.1, 0.15) is 47.9 Å². The van der Waals surface area contributed by atoms with E-state index in [-0.39, 0.29) is 63.3 Å². The van der Waals surface area contributed by atoms with Crippen LogP contribution in [0.15, 0.2) is 0 Å². The molecule has 0 spiro atoms. The van der Waals surface area contributed by atoms with Crippen LogP contribution >= 0.6 is 0 Å². The van der Waals surface area contributed by atoms with Crippen LogP contribution in [0.3, 0.4) is 0 Å². The van der Waals surface area contributed by atoms with Gasteiger partial charge in [-0.15, -0.1) is 0 Å². The van der Waals surface area contributed by atoms with Gasteiger partial charge in [0.05, 0.1) is 20.3 Å². The molecule has 0 aliphatic carbocycles. The number of nitrogens with zero attached hydrogens (tertiary/aromatic N) is 2. The molecule has 8 nitrogen and oxygen atoms in total. The Kier molecular flexibility index (Phi) is 18.0. The minimum absolute atomic E-state index is 0. The van der Waals surface area contributed by atoms with Crippen molar-refractivity contribution in [2.45, 2.75) is 76.5 Å². The van der Waals surface area contributed by atoms with Crippen molar-refractivity contribution in [3.05, 3.63) is 0 Å². The Morgan fingerprint density at radius 2 is 1.67 bits per heavy atom. The number of likely N-dealkylation sites (tertiary alicyclic amines) is 2. The quantitative estimate of drug-likeness (QED) is 0.363. The molecule has 4 atom stereocenters. The van der Waals surface area contributed by atoms with Gasteiger partial charge in [0.1, 0.15) is 24.0 Å². The topological polar surface area (TPSA) is 88.5 Å². The summed E-state index contributed by atoms with van der Waals surface area (Å²) >= 11 is 0. The van der Waals surface area contributed by atoms with Crippen LogP contribution in [0.4, 0.5) is 13.6 Å². The van der Waals surface area contributed by atoms with Crippen molar-refractivity contribution in [3.8, 4) is 0 Å². The molecule has 190 valence electrons. The van der Waals surface area contributed by atoms with Crippen molar-refractivity contribution in [1.82, 2.24) is 9.80 Å². The molecular weight excluding hydrogens is 448 g/mol. The Labute approximate surface area is 220 Å². The van der Waals surface area contributed by atoms with Crippen LogP contribution in [0.5, 0.6) is 0 Å². The number of esters is 1. The largest absolute Gasteiger partial charge is 1.00 e. The van der Waals surface area contributed by atoms with Crippen LogP contribution in [-0.4, -0.2) is 121 Å². The number of methoxy groups -OCH3 is 1. The third-order valence-corrected chi connectivity index (χ3v) is 5.03. The number of carbonyl (C=O) groups is 2. The molecule has 3 heterocycles. The first-order valence-electron chi connectivity index (χ1n) is 10.7. The summed E-state index contributed by atoms with van der Waals surface area (Å²) < 4.78 is 40.3. The number of ether oxygens (including phenoxy) is 3. The van der Waals surface area contributed by atoms with E-state index in [1.54, 1.807) is 20.8 Å². The van der Waals surface area contributed by atoms with Gasteiger partial charge in [-0.25, -0.2) is 18.4 Å².